The van der Waals surface area contributed by atoms with E-state index in [1.165, 1.54) is 95.5 Å². The van der Waals surface area contributed by atoms with Crippen LogP contribution in [0.15, 0.2) is 12.2 Å². The monoisotopic (exact) mass is 280 g/mol. The summed E-state index contributed by atoms with van der Waals surface area (Å²) in [6.45, 7) is 11.2. The number of allylic oxidation sites excluding steroid dienone is 1. The van der Waals surface area contributed by atoms with Gasteiger partial charge in [0.05, 0.1) is 0 Å². The molecule has 0 aromatic carbocycles. The molecular formula is C20H40. The molecule has 0 spiro atoms. The van der Waals surface area contributed by atoms with Crippen molar-refractivity contribution in [2.24, 2.45) is 5.92 Å². The fourth-order valence-corrected chi connectivity index (χ4v) is 2.74. The summed E-state index contributed by atoms with van der Waals surface area (Å²) in [4.78, 5) is 0. The standard InChI is InChI=1S/C20H40/c1-5-6-7-8-9-10-11-12-13-17-20(4)18-15-14-16-19(2)3/h19H,4-18H2,1-3H3. The molecule has 0 heteroatoms. The third-order valence-corrected chi connectivity index (χ3v) is 4.20. The second kappa shape index (κ2) is 15.1. The fraction of sp³-hybridized carbons (Fsp3) is 0.900. The van der Waals surface area contributed by atoms with Crippen molar-refractivity contribution in [3.05, 3.63) is 12.2 Å². The van der Waals surface area contributed by atoms with Gasteiger partial charge in [-0.2, -0.15) is 0 Å². The van der Waals surface area contributed by atoms with Crippen LogP contribution < -0.4 is 0 Å². The normalized spacial score (nSPS) is 11.2. The summed E-state index contributed by atoms with van der Waals surface area (Å²) in [5, 5.41) is 0. The molecule has 0 rings (SSSR count). The van der Waals surface area contributed by atoms with Crippen molar-refractivity contribution in [1.82, 2.24) is 0 Å². The summed E-state index contributed by atoms with van der Waals surface area (Å²) >= 11 is 0. The van der Waals surface area contributed by atoms with Crippen LogP contribution in [0.4, 0.5) is 0 Å². The first kappa shape index (κ1) is 19.7. The van der Waals surface area contributed by atoms with Crippen LogP contribution in [0.25, 0.3) is 0 Å². The zero-order chi connectivity index (χ0) is 15.1. The summed E-state index contributed by atoms with van der Waals surface area (Å²) in [6.07, 6.45) is 19.5. The molecule has 0 fully saturated rings. The van der Waals surface area contributed by atoms with Gasteiger partial charge in [-0.1, -0.05) is 97.1 Å². The first-order valence-electron chi connectivity index (χ1n) is 9.33. The average Bonchev–Trinajstić information content (AvgIpc) is 2.41. The highest BCUT2D eigenvalue weighted by Gasteiger charge is 1.98. The molecule has 0 heterocycles. The summed E-state index contributed by atoms with van der Waals surface area (Å²) < 4.78 is 0. The lowest BCUT2D eigenvalue weighted by atomic mass is 9.99. The Morgan fingerprint density at radius 1 is 0.700 bits per heavy atom. The molecule has 20 heavy (non-hydrogen) atoms. The van der Waals surface area contributed by atoms with Crippen molar-refractivity contribution >= 4 is 0 Å². The van der Waals surface area contributed by atoms with Gasteiger partial charge in [0.25, 0.3) is 0 Å². The number of unbranched alkanes of at least 4 members (excludes halogenated alkanes) is 9. The lowest BCUT2D eigenvalue weighted by Gasteiger charge is -2.07. The fourth-order valence-electron chi connectivity index (χ4n) is 2.74. The van der Waals surface area contributed by atoms with E-state index in [0.29, 0.717) is 0 Å². The zero-order valence-electron chi connectivity index (χ0n) is 14.7. The van der Waals surface area contributed by atoms with Crippen LogP contribution in [0.3, 0.4) is 0 Å². The third kappa shape index (κ3) is 15.8. The van der Waals surface area contributed by atoms with E-state index in [-0.39, 0.29) is 0 Å². The molecule has 0 aromatic rings. The largest absolute Gasteiger partial charge is 0.0999 e. The molecule has 0 saturated heterocycles. The van der Waals surface area contributed by atoms with E-state index in [2.05, 4.69) is 27.4 Å². The second-order valence-corrected chi connectivity index (χ2v) is 6.97. The third-order valence-electron chi connectivity index (χ3n) is 4.20. The Morgan fingerprint density at radius 3 is 1.65 bits per heavy atom. The summed E-state index contributed by atoms with van der Waals surface area (Å²) in [6, 6.07) is 0. The van der Waals surface area contributed by atoms with Crippen molar-refractivity contribution in [3.63, 3.8) is 0 Å². The van der Waals surface area contributed by atoms with Crippen molar-refractivity contribution in [3.8, 4) is 0 Å². The van der Waals surface area contributed by atoms with E-state index in [1.807, 2.05) is 0 Å². The van der Waals surface area contributed by atoms with Gasteiger partial charge in [-0.15, -0.1) is 0 Å². The quantitative estimate of drug-likeness (QED) is 0.213. The number of hydrogen-bond donors (Lipinski definition) is 0. The Kier molecular flexibility index (Phi) is 14.9. The van der Waals surface area contributed by atoms with Crippen LogP contribution in [-0.2, 0) is 0 Å². The van der Waals surface area contributed by atoms with Gasteiger partial charge in [0.1, 0.15) is 0 Å². The molecule has 0 aliphatic heterocycles. The second-order valence-electron chi connectivity index (χ2n) is 6.97. The van der Waals surface area contributed by atoms with Gasteiger partial charge >= 0.3 is 0 Å². The molecule has 0 saturated carbocycles. The minimum absolute atomic E-state index is 0.862. The van der Waals surface area contributed by atoms with E-state index in [1.54, 1.807) is 0 Å². The molecule has 0 amide bonds. The van der Waals surface area contributed by atoms with Crippen molar-refractivity contribution in [2.75, 3.05) is 0 Å². The Hall–Kier alpha value is -0.260. The van der Waals surface area contributed by atoms with E-state index in [9.17, 15) is 0 Å². The highest BCUT2D eigenvalue weighted by atomic mass is 14.0. The van der Waals surface area contributed by atoms with Gasteiger partial charge in [-0.25, -0.2) is 0 Å². The van der Waals surface area contributed by atoms with E-state index < -0.39 is 0 Å². The van der Waals surface area contributed by atoms with Gasteiger partial charge in [0.2, 0.25) is 0 Å². The minimum Gasteiger partial charge on any atom is -0.0999 e. The molecule has 0 aromatic heterocycles. The Labute approximate surface area is 129 Å². The first-order valence-corrected chi connectivity index (χ1v) is 9.33. The molecule has 0 N–H and O–H groups in total. The lowest BCUT2D eigenvalue weighted by Crippen LogP contribution is -1.89. The maximum Gasteiger partial charge on any atom is -0.0323 e. The molecular weight excluding hydrogens is 240 g/mol. The molecule has 0 atom stereocenters. The average molecular weight is 281 g/mol. The zero-order valence-corrected chi connectivity index (χ0v) is 14.7. The molecule has 0 aliphatic carbocycles. The summed E-state index contributed by atoms with van der Waals surface area (Å²) in [5.41, 5.74) is 1.50. The van der Waals surface area contributed by atoms with Crippen LogP contribution in [0.5, 0.6) is 0 Å². The van der Waals surface area contributed by atoms with Crippen LogP contribution in [0, 0.1) is 5.92 Å². The van der Waals surface area contributed by atoms with Crippen LogP contribution >= 0.6 is 0 Å². The van der Waals surface area contributed by atoms with Gasteiger partial charge in [0, 0.05) is 0 Å². The van der Waals surface area contributed by atoms with E-state index >= 15 is 0 Å². The maximum absolute atomic E-state index is 4.24. The predicted octanol–water partition coefficient (Wildman–Crippen LogP) is 7.68. The van der Waals surface area contributed by atoms with Crippen molar-refractivity contribution < 1.29 is 0 Å². The lowest BCUT2D eigenvalue weighted by molar-refractivity contribution is 0.531. The first-order chi connectivity index (χ1) is 9.66. The highest BCUT2D eigenvalue weighted by Crippen LogP contribution is 2.17. The molecule has 0 bridgehead atoms. The van der Waals surface area contributed by atoms with Crippen LogP contribution in [0.2, 0.25) is 0 Å². The minimum atomic E-state index is 0.862. The maximum atomic E-state index is 4.24. The van der Waals surface area contributed by atoms with Gasteiger partial charge in [-0.05, 0) is 31.6 Å². The number of rotatable bonds is 15. The Balaban J connectivity index is 3.15. The smallest absolute Gasteiger partial charge is 0.0323 e. The molecule has 0 unspecified atom stereocenters. The number of hydrogen-bond acceptors (Lipinski definition) is 0. The van der Waals surface area contributed by atoms with E-state index in [4.69, 9.17) is 0 Å². The molecule has 0 aliphatic rings. The molecule has 120 valence electrons. The van der Waals surface area contributed by atoms with Crippen LogP contribution in [-0.4, -0.2) is 0 Å². The topological polar surface area (TPSA) is 0 Å². The summed E-state index contributed by atoms with van der Waals surface area (Å²) in [7, 11) is 0. The Bertz CT molecular complexity index is 202. The van der Waals surface area contributed by atoms with Crippen LogP contribution in [0.1, 0.15) is 111 Å². The molecule has 0 nitrogen and oxygen atoms in total. The van der Waals surface area contributed by atoms with E-state index in [0.717, 1.165) is 5.92 Å². The SMILES string of the molecule is C=C(CCCCCCCCCCC)CCCCC(C)C. The van der Waals surface area contributed by atoms with Gasteiger partial charge in [-0.3, -0.25) is 0 Å². The van der Waals surface area contributed by atoms with Gasteiger partial charge in [0.15, 0.2) is 0 Å². The van der Waals surface area contributed by atoms with Gasteiger partial charge < -0.3 is 0 Å². The highest BCUT2D eigenvalue weighted by molar-refractivity contribution is 4.93. The summed E-state index contributed by atoms with van der Waals surface area (Å²) in [5.74, 6) is 0.862. The predicted molar refractivity (Wildman–Crippen MR) is 94.3 cm³/mol. The molecule has 0 radical (unpaired) electrons. The Morgan fingerprint density at radius 2 is 1.15 bits per heavy atom. The van der Waals surface area contributed by atoms with Crippen molar-refractivity contribution in [1.29, 1.82) is 0 Å². The van der Waals surface area contributed by atoms with Crippen molar-refractivity contribution in [2.45, 2.75) is 111 Å².